The van der Waals surface area contributed by atoms with Crippen LogP contribution in [0.3, 0.4) is 0 Å². The molecule has 1 aromatic carbocycles. The molecule has 98 valence electrons. The minimum absolute atomic E-state index is 0.00352. The second-order valence-corrected chi connectivity index (χ2v) is 5.06. The van der Waals surface area contributed by atoms with Gasteiger partial charge >= 0.3 is 0 Å². The second-order valence-electron chi connectivity index (χ2n) is 5.06. The van der Waals surface area contributed by atoms with Crippen molar-refractivity contribution in [3.05, 3.63) is 29.3 Å². The van der Waals surface area contributed by atoms with Crippen LogP contribution in [-0.2, 0) is 0 Å². The van der Waals surface area contributed by atoms with E-state index in [1.54, 1.807) is 4.90 Å². The number of nitrogens with zero attached hydrogens (tertiary/aromatic N) is 1. The minimum Gasteiger partial charge on any atom is -0.384 e. The molecule has 1 aliphatic heterocycles. The zero-order chi connectivity index (χ0) is 13.4. The largest absolute Gasteiger partial charge is 0.384 e. The van der Waals surface area contributed by atoms with E-state index >= 15 is 0 Å². The molecule has 1 aliphatic rings. The maximum absolute atomic E-state index is 13.9. The fourth-order valence-corrected chi connectivity index (χ4v) is 2.34. The van der Waals surface area contributed by atoms with Crippen LogP contribution in [0.15, 0.2) is 12.1 Å². The average molecular weight is 253 g/mol. The average Bonchev–Trinajstić information content (AvgIpc) is 2.57. The number of nitrogens with two attached hydrogens (primary N) is 1. The zero-order valence-corrected chi connectivity index (χ0v) is 10.5. The molecule has 0 saturated carbocycles. The van der Waals surface area contributed by atoms with Gasteiger partial charge in [0.1, 0.15) is 23.2 Å². The van der Waals surface area contributed by atoms with Crippen molar-refractivity contribution in [2.24, 2.45) is 17.6 Å². The molecule has 0 spiro atoms. The van der Waals surface area contributed by atoms with Gasteiger partial charge in [0, 0.05) is 18.7 Å². The van der Waals surface area contributed by atoms with Gasteiger partial charge in [-0.15, -0.1) is 0 Å². The van der Waals surface area contributed by atoms with Crippen LogP contribution in [0.2, 0.25) is 0 Å². The van der Waals surface area contributed by atoms with Crippen LogP contribution in [0, 0.1) is 28.9 Å². The Balaban J connectivity index is 2.38. The van der Waals surface area contributed by atoms with Crippen LogP contribution in [-0.4, -0.2) is 18.9 Å². The summed E-state index contributed by atoms with van der Waals surface area (Å²) in [4.78, 5) is 1.73. The lowest BCUT2D eigenvalue weighted by atomic mass is 10.0. The van der Waals surface area contributed by atoms with Gasteiger partial charge in [0.05, 0.1) is 0 Å². The summed E-state index contributed by atoms with van der Waals surface area (Å²) in [5, 5.41) is 7.20. The fraction of sp³-hybridized carbons (Fsp3) is 0.462. The molecule has 5 heteroatoms. The lowest BCUT2D eigenvalue weighted by molar-refractivity contribution is 0.494. The van der Waals surface area contributed by atoms with Crippen molar-refractivity contribution in [2.75, 3.05) is 18.0 Å². The summed E-state index contributed by atoms with van der Waals surface area (Å²) in [5.41, 5.74) is 5.31. The van der Waals surface area contributed by atoms with E-state index in [1.807, 2.05) is 0 Å². The third-order valence-corrected chi connectivity index (χ3v) is 3.63. The van der Waals surface area contributed by atoms with E-state index in [9.17, 15) is 8.78 Å². The Morgan fingerprint density at radius 3 is 2.06 bits per heavy atom. The van der Waals surface area contributed by atoms with Crippen LogP contribution in [0.1, 0.15) is 19.4 Å². The van der Waals surface area contributed by atoms with E-state index in [-0.39, 0.29) is 17.1 Å². The van der Waals surface area contributed by atoms with Gasteiger partial charge in [0.15, 0.2) is 0 Å². The number of hydrogen-bond donors (Lipinski definition) is 2. The number of nitrogens with one attached hydrogen (secondary N) is 1. The molecule has 2 rings (SSSR count). The normalized spacial score (nSPS) is 23.4. The van der Waals surface area contributed by atoms with E-state index in [0.717, 1.165) is 12.1 Å². The van der Waals surface area contributed by atoms with Gasteiger partial charge in [-0.3, -0.25) is 5.41 Å². The Bertz CT molecular complexity index is 454. The Kier molecular flexibility index (Phi) is 3.24. The van der Waals surface area contributed by atoms with Gasteiger partial charge in [-0.05, 0) is 24.0 Å². The third-order valence-electron chi connectivity index (χ3n) is 3.63. The summed E-state index contributed by atoms with van der Waals surface area (Å²) in [6.45, 7) is 5.44. The van der Waals surface area contributed by atoms with Crippen LogP contribution >= 0.6 is 0 Å². The molecule has 3 N–H and O–H groups in total. The molecular weight excluding hydrogens is 236 g/mol. The molecule has 18 heavy (non-hydrogen) atoms. The smallest absolute Gasteiger partial charge is 0.150 e. The van der Waals surface area contributed by atoms with Crippen LogP contribution in [0.25, 0.3) is 0 Å². The predicted molar refractivity (Wildman–Crippen MR) is 67.9 cm³/mol. The Hall–Kier alpha value is -1.65. The molecule has 1 saturated heterocycles. The maximum Gasteiger partial charge on any atom is 0.150 e. The van der Waals surface area contributed by atoms with Gasteiger partial charge < -0.3 is 10.6 Å². The van der Waals surface area contributed by atoms with E-state index in [0.29, 0.717) is 24.9 Å². The molecule has 0 bridgehead atoms. The van der Waals surface area contributed by atoms with E-state index in [4.69, 9.17) is 11.1 Å². The molecule has 2 atom stereocenters. The van der Waals surface area contributed by atoms with Gasteiger partial charge in [-0.1, -0.05) is 13.8 Å². The highest BCUT2D eigenvalue weighted by Crippen LogP contribution is 2.32. The first kappa shape index (κ1) is 12.8. The van der Waals surface area contributed by atoms with E-state index < -0.39 is 11.6 Å². The van der Waals surface area contributed by atoms with Gasteiger partial charge in [0.2, 0.25) is 0 Å². The van der Waals surface area contributed by atoms with Gasteiger partial charge in [0.25, 0.3) is 0 Å². The first-order valence-corrected chi connectivity index (χ1v) is 5.98. The zero-order valence-electron chi connectivity index (χ0n) is 10.5. The highest BCUT2D eigenvalue weighted by atomic mass is 19.1. The minimum atomic E-state index is -0.651. The number of nitrogen functional groups attached to an aromatic ring is 1. The SMILES string of the molecule is CC1CN(c2c(F)cc(C(=N)N)cc2F)CC1C. The molecule has 3 nitrogen and oxygen atoms in total. The van der Waals surface area contributed by atoms with Crippen LogP contribution < -0.4 is 10.6 Å². The summed E-state index contributed by atoms with van der Waals surface area (Å²) in [6, 6.07) is 2.24. The van der Waals surface area contributed by atoms with E-state index in [2.05, 4.69) is 13.8 Å². The van der Waals surface area contributed by atoms with Gasteiger partial charge in [-0.2, -0.15) is 0 Å². The monoisotopic (exact) mass is 253 g/mol. The Labute approximate surface area is 105 Å². The highest BCUT2D eigenvalue weighted by molar-refractivity contribution is 5.95. The second kappa shape index (κ2) is 4.55. The summed E-state index contributed by atoms with van der Waals surface area (Å²) in [7, 11) is 0. The van der Waals surface area contributed by atoms with E-state index in [1.165, 1.54) is 0 Å². The van der Waals surface area contributed by atoms with Crippen molar-refractivity contribution >= 4 is 11.5 Å². The van der Waals surface area contributed by atoms with Crippen LogP contribution in [0.5, 0.6) is 0 Å². The number of anilines is 1. The number of halogens is 2. The molecular formula is C13H17F2N3. The number of rotatable bonds is 2. The molecule has 0 radical (unpaired) electrons. The summed E-state index contributed by atoms with van der Waals surface area (Å²) in [5.74, 6) is -0.807. The Morgan fingerprint density at radius 1 is 1.22 bits per heavy atom. The predicted octanol–water partition coefficient (Wildman–Crippen LogP) is 2.34. The molecule has 1 fully saturated rings. The maximum atomic E-state index is 13.9. The number of amidine groups is 1. The van der Waals surface area contributed by atoms with Crippen molar-refractivity contribution in [3.63, 3.8) is 0 Å². The van der Waals surface area contributed by atoms with Gasteiger partial charge in [-0.25, -0.2) is 8.78 Å². The lowest BCUT2D eigenvalue weighted by Gasteiger charge is -2.20. The van der Waals surface area contributed by atoms with Crippen molar-refractivity contribution < 1.29 is 8.78 Å². The number of benzene rings is 1. The molecule has 0 amide bonds. The van der Waals surface area contributed by atoms with Crippen molar-refractivity contribution in [3.8, 4) is 0 Å². The fourth-order valence-electron chi connectivity index (χ4n) is 2.34. The van der Waals surface area contributed by atoms with Crippen LogP contribution in [0.4, 0.5) is 14.5 Å². The molecule has 2 unspecified atom stereocenters. The van der Waals surface area contributed by atoms with Crippen molar-refractivity contribution in [2.45, 2.75) is 13.8 Å². The standard InChI is InChI=1S/C13H17F2N3/c1-7-5-18(6-8(7)2)12-10(14)3-9(13(16)17)4-11(12)15/h3-4,7-8H,5-6H2,1-2H3,(H3,16,17). The first-order valence-electron chi connectivity index (χ1n) is 5.98. The Morgan fingerprint density at radius 2 is 1.67 bits per heavy atom. The molecule has 1 aromatic rings. The molecule has 1 heterocycles. The topological polar surface area (TPSA) is 53.1 Å². The summed E-state index contributed by atoms with van der Waals surface area (Å²) >= 11 is 0. The quantitative estimate of drug-likeness (QED) is 0.628. The summed E-state index contributed by atoms with van der Waals surface area (Å²) < 4.78 is 27.9. The number of hydrogen-bond acceptors (Lipinski definition) is 2. The first-order chi connectivity index (χ1) is 8.40. The molecule has 0 aromatic heterocycles. The highest BCUT2D eigenvalue weighted by Gasteiger charge is 2.29. The third kappa shape index (κ3) is 2.17. The molecule has 0 aliphatic carbocycles. The summed E-state index contributed by atoms with van der Waals surface area (Å²) in [6.07, 6.45) is 0. The van der Waals surface area contributed by atoms with Crippen molar-refractivity contribution in [1.29, 1.82) is 5.41 Å². The van der Waals surface area contributed by atoms with Crippen molar-refractivity contribution in [1.82, 2.24) is 0 Å². The lowest BCUT2D eigenvalue weighted by Crippen LogP contribution is -2.23.